The molecule has 0 aliphatic rings. The van der Waals surface area contributed by atoms with E-state index in [4.69, 9.17) is 27.2 Å². The van der Waals surface area contributed by atoms with Gasteiger partial charge in [0.15, 0.2) is 0 Å². The second-order valence-electron chi connectivity index (χ2n) is 3.28. The molecule has 1 aromatic rings. The number of ether oxygens (including phenoxy) is 1. The molecule has 1 rings (SSSR count). The summed E-state index contributed by atoms with van der Waals surface area (Å²) in [5, 5.41) is 8.71. The van der Waals surface area contributed by atoms with Crippen LogP contribution in [0.1, 0.15) is 18.0 Å². The van der Waals surface area contributed by atoms with Gasteiger partial charge in [-0.3, -0.25) is 4.79 Å². The van der Waals surface area contributed by atoms with Crippen LogP contribution >= 0.6 is 11.6 Å². The summed E-state index contributed by atoms with van der Waals surface area (Å²) in [7, 11) is 0. The van der Waals surface area contributed by atoms with Crippen LogP contribution in [0.5, 0.6) is 5.75 Å². The summed E-state index contributed by atoms with van der Waals surface area (Å²) in [6.45, 7) is 0.549. The van der Waals surface area contributed by atoms with Crippen LogP contribution in [0.25, 0.3) is 0 Å². The average Bonchev–Trinajstić information content (AvgIpc) is 2.29. The molecule has 0 saturated carbocycles. The quantitative estimate of drug-likeness (QED) is 0.590. The van der Waals surface area contributed by atoms with Crippen molar-refractivity contribution in [3.63, 3.8) is 0 Å². The zero-order valence-electron chi connectivity index (χ0n) is 8.73. The van der Waals surface area contributed by atoms with Crippen LogP contribution in [0.2, 0.25) is 0 Å². The zero-order valence-corrected chi connectivity index (χ0v) is 9.48. The van der Waals surface area contributed by atoms with Crippen LogP contribution in [0, 0.1) is 0 Å². The lowest BCUT2D eigenvalue weighted by Gasteiger charge is -2.08. The minimum atomic E-state index is -1.05. The SMILES string of the molecule is N[C@H](C(=O)O)c1ccc(OCCCCl)cc1. The Labute approximate surface area is 99.0 Å². The predicted octanol–water partition coefficient (Wildman–Crippen LogP) is 1.78. The molecular weight excluding hydrogens is 230 g/mol. The Bertz CT molecular complexity index is 340. The molecule has 0 unspecified atom stereocenters. The molecule has 0 heterocycles. The van der Waals surface area contributed by atoms with Crippen LogP contribution in [-0.2, 0) is 4.79 Å². The Kier molecular flexibility index (Phi) is 5.08. The van der Waals surface area contributed by atoms with E-state index in [0.29, 0.717) is 23.8 Å². The van der Waals surface area contributed by atoms with Gasteiger partial charge in [-0.1, -0.05) is 12.1 Å². The number of carbonyl (C=O) groups is 1. The first-order valence-corrected chi connectivity index (χ1v) is 5.45. The molecule has 0 aliphatic carbocycles. The van der Waals surface area contributed by atoms with E-state index in [9.17, 15) is 4.79 Å². The van der Waals surface area contributed by atoms with Gasteiger partial charge in [-0.2, -0.15) is 0 Å². The van der Waals surface area contributed by atoms with Gasteiger partial charge in [0.1, 0.15) is 11.8 Å². The first kappa shape index (κ1) is 12.8. The van der Waals surface area contributed by atoms with Crippen molar-refractivity contribution in [1.82, 2.24) is 0 Å². The molecule has 5 heteroatoms. The fraction of sp³-hybridized carbons (Fsp3) is 0.364. The molecule has 0 aliphatic heterocycles. The van der Waals surface area contributed by atoms with Crippen LogP contribution in [-0.4, -0.2) is 23.6 Å². The van der Waals surface area contributed by atoms with E-state index in [2.05, 4.69) is 0 Å². The third-order valence-corrected chi connectivity index (χ3v) is 2.32. The second kappa shape index (κ2) is 6.35. The van der Waals surface area contributed by atoms with E-state index >= 15 is 0 Å². The average molecular weight is 244 g/mol. The number of rotatable bonds is 6. The first-order valence-electron chi connectivity index (χ1n) is 4.92. The third-order valence-electron chi connectivity index (χ3n) is 2.05. The van der Waals surface area contributed by atoms with Gasteiger partial charge in [0.05, 0.1) is 6.61 Å². The maximum Gasteiger partial charge on any atom is 0.325 e. The monoisotopic (exact) mass is 243 g/mol. The molecule has 0 amide bonds. The smallest absolute Gasteiger partial charge is 0.325 e. The number of carboxylic acid groups (broad SMARTS) is 1. The highest BCUT2D eigenvalue weighted by molar-refractivity contribution is 6.17. The van der Waals surface area contributed by atoms with Crippen LogP contribution in [0.4, 0.5) is 0 Å². The fourth-order valence-electron chi connectivity index (χ4n) is 1.16. The summed E-state index contributed by atoms with van der Waals surface area (Å²) in [6, 6.07) is 5.71. The highest BCUT2D eigenvalue weighted by atomic mass is 35.5. The molecule has 0 saturated heterocycles. The van der Waals surface area contributed by atoms with Gasteiger partial charge >= 0.3 is 5.97 Å². The van der Waals surface area contributed by atoms with Gasteiger partial charge in [-0.25, -0.2) is 0 Å². The standard InChI is InChI=1S/C11H14ClNO3/c12-6-1-7-16-9-4-2-8(3-5-9)10(13)11(14)15/h2-5,10H,1,6-7,13H2,(H,14,15)/t10-/m0/s1. The molecule has 1 aromatic carbocycles. The van der Waals surface area contributed by atoms with Crippen molar-refractivity contribution in [2.75, 3.05) is 12.5 Å². The number of aliphatic carboxylic acids is 1. The molecule has 0 bridgehead atoms. The summed E-state index contributed by atoms with van der Waals surface area (Å²) in [5.74, 6) is 0.198. The lowest BCUT2D eigenvalue weighted by Crippen LogP contribution is -2.20. The number of alkyl halides is 1. The molecule has 0 fully saturated rings. The van der Waals surface area contributed by atoms with E-state index < -0.39 is 12.0 Å². The number of benzene rings is 1. The molecule has 4 nitrogen and oxygen atoms in total. The maximum atomic E-state index is 10.6. The second-order valence-corrected chi connectivity index (χ2v) is 3.65. The summed E-state index contributed by atoms with van der Waals surface area (Å²) in [4.78, 5) is 10.6. The van der Waals surface area contributed by atoms with E-state index in [-0.39, 0.29) is 0 Å². The van der Waals surface area contributed by atoms with Crippen molar-refractivity contribution in [1.29, 1.82) is 0 Å². The van der Waals surface area contributed by atoms with Gasteiger partial charge in [0.25, 0.3) is 0 Å². The van der Waals surface area contributed by atoms with E-state index in [1.807, 2.05) is 0 Å². The molecule has 3 N–H and O–H groups in total. The molecule has 0 radical (unpaired) electrons. The summed E-state index contributed by atoms with van der Waals surface area (Å²) < 4.78 is 5.37. The van der Waals surface area contributed by atoms with Gasteiger partial charge in [-0.15, -0.1) is 11.6 Å². The van der Waals surface area contributed by atoms with Gasteiger partial charge in [0, 0.05) is 5.88 Å². The summed E-state index contributed by atoms with van der Waals surface area (Å²) in [5.41, 5.74) is 6.00. The molecule has 16 heavy (non-hydrogen) atoms. The molecular formula is C11H14ClNO3. The van der Waals surface area contributed by atoms with Gasteiger partial charge < -0.3 is 15.6 Å². The van der Waals surface area contributed by atoms with E-state index in [1.165, 1.54) is 0 Å². The highest BCUT2D eigenvalue weighted by Crippen LogP contribution is 2.16. The minimum Gasteiger partial charge on any atom is -0.494 e. The topological polar surface area (TPSA) is 72.6 Å². The first-order chi connectivity index (χ1) is 7.65. The fourth-order valence-corrected chi connectivity index (χ4v) is 1.27. The van der Waals surface area contributed by atoms with Crippen LogP contribution < -0.4 is 10.5 Å². The van der Waals surface area contributed by atoms with Crippen LogP contribution in [0.15, 0.2) is 24.3 Å². The number of nitrogens with two attached hydrogens (primary N) is 1. The zero-order chi connectivity index (χ0) is 12.0. The van der Waals surface area contributed by atoms with Crippen molar-refractivity contribution in [3.8, 4) is 5.75 Å². The number of halogens is 1. The van der Waals surface area contributed by atoms with Crippen molar-refractivity contribution < 1.29 is 14.6 Å². The molecule has 88 valence electrons. The maximum absolute atomic E-state index is 10.6. The molecule has 1 atom stereocenters. The summed E-state index contributed by atoms with van der Waals surface area (Å²) >= 11 is 5.51. The molecule has 0 spiro atoms. The Morgan fingerprint density at radius 3 is 2.56 bits per heavy atom. The van der Waals surface area contributed by atoms with E-state index in [1.54, 1.807) is 24.3 Å². The number of carboxylic acids is 1. The Morgan fingerprint density at radius 2 is 2.06 bits per heavy atom. The third kappa shape index (κ3) is 3.72. The normalized spacial score (nSPS) is 12.1. The molecule has 0 aromatic heterocycles. The largest absolute Gasteiger partial charge is 0.494 e. The van der Waals surface area contributed by atoms with Crippen molar-refractivity contribution in [2.24, 2.45) is 5.73 Å². The highest BCUT2D eigenvalue weighted by Gasteiger charge is 2.13. The Morgan fingerprint density at radius 1 is 1.44 bits per heavy atom. The van der Waals surface area contributed by atoms with Crippen molar-refractivity contribution in [2.45, 2.75) is 12.5 Å². The van der Waals surface area contributed by atoms with Crippen LogP contribution in [0.3, 0.4) is 0 Å². The predicted molar refractivity (Wildman–Crippen MR) is 61.8 cm³/mol. The van der Waals surface area contributed by atoms with Crippen molar-refractivity contribution >= 4 is 17.6 Å². The Balaban J connectivity index is 2.57. The number of hydrogen-bond donors (Lipinski definition) is 2. The van der Waals surface area contributed by atoms with Gasteiger partial charge in [0.2, 0.25) is 0 Å². The number of hydrogen-bond acceptors (Lipinski definition) is 3. The lowest BCUT2D eigenvalue weighted by atomic mass is 10.1. The Hall–Kier alpha value is -1.26. The summed E-state index contributed by atoms with van der Waals surface area (Å²) in [6.07, 6.45) is 0.776. The lowest BCUT2D eigenvalue weighted by molar-refractivity contribution is -0.138. The van der Waals surface area contributed by atoms with Crippen molar-refractivity contribution in [3.05, 3.63) is 29.8 Å². The van der Waals surface area contributed by atoms with E-state index in [0.717, 1.165) is 6.42 Å². The van der Waals surface area contributed by atoms with Gasteiger partial charge in [-0.05, 0) is 24.1 Å². The minimum absolute atomic E-state index is 0.549.